The molecule has 8 nitrogen and oxygen atoms in total. The molecule has 4 rings (SSSR count). The van der Waals surface area contributed by atoms with Gasteiger partial charge in [-0.3, -0.25) is 14.4 Å². The number of hydrogen-bond acceptors (Lipinski definition) is 7. The fourth-order valence-corrected chi connectivity index (χ4v) is 3.86. The van der Waals surface area contributed by atoms with Gasteiger partial charge in [0.1, 0.15) is 17.4 Å². The van der Waals surface area contributed by atoms with Gasteiger partial charge in [-0.25, -0.2) is 0 Å². The van der Waals surface area contributed by atoms with Crippen LogP contribution in [0.25, 0.3) is 0 Å². The number of furan rings is 2. The van der Waals surface area contributed by atoms with Crippen molar-refractivity contribution in [2.45, 2.75) is 19.5 Å². The van der Waals surface area contributed by atoms with Crippen molar-refractivity contribution < 1.29 is 32.7 Å². The molecule has 0 radical (unpaired) electrons. The number of Topliss-reactive ketones (excluding diaryl/α,β-unsaturated/α-hetero) is 2. The fourth-order valence-electron chi connectivity index (χ4n) is 3.86. The lowest BCUT2D eigenvalue weighted by atomic mass is 9.88. The molecular weight excluding hydrogens is 402 g/mol. The van der Waals surface area contributed by atoms with Crippen molar-refractivity contribution in [3.8, 4) is 11.5 Å². The van der Waals surface area contributed by atoms with Gasteiger partial charge >= 0.3 is 0 Å². The van der Waals surface area contributed by atoms with Crippen molar-refractivity contribution in [1.82, 2.24) is 4.90 Å². The molecule has 1 fully saturated rings. The minimum Gasteiger partial charge on any atom is -0.493 e. The number of carbonyl (C=O) groups excluding carboxylic acids is 3. The van der Waals surface area contributed by atoms with Gasteiger partial charge < -0.3 is 23.2 Å². The number of nitrogens with zero attached hydrogens (tertiary/aromatic N) is 1. The summed E-state index contributed by atoms with van der Waals surface area (Å²) >= 11 is 0. The van der Waals surface area contributed by atoms with Gasteiger partial charge in [0.15, 0.2) is 17.3 Å². The van der Waals surface area contributed by atoms with Gasteiger partial charge in [0.2, 0.25) is 11.6 Å². The second kappa shape index (κ2) is 8.14. The van der Waals surface area contributed by atoms with Crippen molar-refractivity contribution in [2.75, 3.05) is 14.2 Å². The molecule has 0 aliphatic carbocycles. The molecule has 2 atom stereocenters. The number of carbonyl (C=O) groups is 3. The highest BCUT2D eigenvalue weighted by molar-refractivity contribution is 6.43. The zero-order valence-electron chi connectivity index (χ0n) is 17.3. The maximum Gasteiger partial charge on any atom is 0.291 e. The van der Waals surface area contributed by atoms with Crippen LogP contribution in [0.15, 0.2) is 57.6 Å². The topological polar surface area (TPSA) is 99.2 Å². The molecule has 3 aromatic rings. The van der Waals surface area contributed by atoms with E-state index < -0.39 is 29.4 Å². The van der Waals surface area contributed by atoms with E-state index in [1.807, 2.05) is 0 Å². The van der Waals surface area contributed by atoms with Crippen molar-refractivity contribution in [1.29, 1.82) is 0 Å². The van der Waals surface area contributed by atoms with E-state index in [-0.39, 0.29) is 12.3 Å². The molecule has 1 saturated heterocycles. The third kappa shape index (κ3) is 3.61. The van der Waals surface area contributed by atoms with E-state index in [2.05, 4.69) is 0 Å². The van der Waals surface area contributed by atoms with Gasteiger partial charge in [0.05, 0.1) is 33.1 Å². The Hall–Kier alpha value is -3.81. The van der Waals surface area contributed by atoms with E-state index in [0.29, 0.717) is 28.6 Å². The summed E-state index contributed by atoms with van der Waals surface area (Å²) in [6, 6.07) is 10.7. The minimum absolute atomic E-state index is 0.0361. The Morgan fingerprint density at radius 3 is 2.45 bits per heavy atom. The van der Waals surface area contributed by atoms with Crippen LogP contribution in [0, 0.1) is 12.8 Å². The average molecular weight is 423 g/mol. The first kappa shape index (κ1) is 20.5. The lowest BCUT2D eigenvalue weighted by Gasteiger charge is -2.26. The lowest BCUT2D eigenvalue weighted by Crippen LogP contribution is -2.30. The molecular formula is C23H21NO7. The van der Waals surface area contributed by atoms with E-state index in [4.69, 9.17) is 18.3 Å². The summed E-state index contributed by atoms with van der Waals surface area (Å²) in [5.74, 6) is -1.37. The number of rotatable bonds is 7. The Kier molecular flexibility index (Phi) is 5.37. The van der Waals surface area contributed by atoms with Crippen molar-refractivity contribution in [3.63, 3.8) is 0 Å². The first-order valence-electron chi connectivity index (χ1n) is 9.64. The fraction of sp³-hybridized carbons (Fsp3) is 0.261. The molecule has 1 aromatic carbocycles. The predicted molar refractivity (Wildman–Crippen MR) is 108 cm³/mol. The first-order valence-corrected chi connectivity index (χ1v) is 9.64. The highest BCUT2D eigenvalue weighted by Crippen LogP contribution is 2.42. The number of hydrogen-bond donors (Lipinski definition) is 0. The van der Waals surface area contributed by atoms with Crippen LogP contribution >= 0.6 is 0 Å². The Morgan fingerprint density at radius 2 is 1.84 bits per heavy atom. The molecule has 0 bridgehead atoms. The van der Waals surface area contributed by atoms with E-state index in [1.165, 1.54) is 31.4 Å². The number of ketones is 2. The summed E-state index contributed by atoms with van der Waals surface area (Å²) in [5, 5.41) is 0. The Morgan fingerprint density at radius 1 is 1.06 bits per heavy atom. The number of benzene rings is 1. The molecule has 1 aliphatic heterocycles. The maximum absolute atomic E-state index is 13.3. The lowest BCUT2D eigenvalue weighted by molar-refractivity contribution is -0.141. The predicted octanol–water partition coefficient (Wildman–Crippen LogP) is 3.35. The van der Waals surface area contributed by atoms with Crippen molar-refractivity contribution in [3.05, 3.63) is 71.6 Å². The summed E-state index contributed by atoms with van der Waals surface area (Å²) in [7, 11) is 3.00. The SMILES string of the molecule is COc1ccc(C2C(C(=O)c3ccc(C)o3)C(=O)C(=O)N2Cc2ccco2)cc1OC. The van der Waals surface area contributed by atoms with Crippen LogP contribution in [-0.4, -0.2) is 36.6 Å². The van der Waals surface area contributed by atoms with Crippen LogP contribution in [0.4, 0.5) is 0 Å². The average Bonchev–Trinajstić information content (AvgIpc) is 3.50. The smallest absolute Gasteiger partial charge is 0.291 e. The van der Waals surface area contributed by atoms with Gasteiger partial charge in [-0.2, -0.15) is 0 Å². The maximum atomic E-state index is 13.3. The van der Waals surface area contributed by atoms with Crippen molar-refractivity contribution >= 4 is 17.5 Å². The molecule has 0 N–H and O–H groups in total. The highest BCUT2D eigenvalue weighted by atomic mass is 16.5. The summed E-state index contributed by atoms with van der Waals surface area (Å²) < 4.78 is 21.5. The second-order valence-corrected chi connectivity index (χ2v) is 7.19. The quantitative estimate of drug-likeness (QED) is 0.326. The van der Waals surface area contributed by atoms with Crippen LogP contribution in [0.5, 0.6) is 11.5 Å². The molecule has 160 valence electrons. The van der Waals surface area contributed by atoms with E-state index in [0.717, 1.165) is 0 Å². The molecule has 3 heterocycles. The molecule has 0 saturated carbocycles. The third-order valence-corrected chi connectivity index (χ3v) is 5.33. The van der Waals surface area contributed by atoms with Gasteiger partial charge in [-0.15, -0.1) is 0 Å². The molecule has 2 unspecified atom stereocenters. The van der Waals surface area contributed by atoms with E-state index >= 15 is 0 Å². The molecule has 1 aliphatic rings. The molecule has 0 spiro atoms. The standard InChI is InChI=1S/C23H21NO7/c1-13-6-8-17(31-13)21(25)19-20(14-7-9-16(28-2)18(11-14)29-3)24(23(27)22(19)26)12-15-5-4-10-30-15/h4-11,19-20H,12H2,1-3H3. The van der Waals surface area contributed by atoms with Crippen LogP contribution in [0.3, 0.4) is 0 Å². The molecule has 2 aromatic heterocycles. The summed E-state index contributed by atoms with van der Waals surface area (Å²) in [4.78, 5) is 40.5. The minimum atomic E-state index is -1.26. The van der Waals surface area contributed by atoms with Crippen molar-refractivity contribution in [2.24, 2.45) is 5.92 Å². The van der Waals surface area contributed by atoms with Crippen LogP contribution < -0.4 is 9.47 Å². The van der Waals surface area contributed by atoms with Gasteiger partial charge in [0.25, 0.3) is 5.91 Å². The largest absolute Gasteiger partial charge is 0.493 e. The van der Waals surface area contributed by atoms with Gasteiger partial charge in [-0.1, -0.05) is 6.07 Å². The zero-order valence-corrected chi connectivity index (χ0v) is 17.3. The number of aryl methyl sites for hydroxylation is 1. The number of amides is 1. The van der Waals surface area contributed by atoms with E-state index in [9.17, 15) is 14.4 Å². The summed E-state index contributed by atoms with van der Waals surface area (Å²) in [6.07, 6.45) is 1.48. The second-order valence-electron chi connectivity index (χ2n) is 7.19. The van der Waals surface area contributed by atoms with E-state index in [1.54, 1.807) is 43.3 Å². The number of ether oxygens (including phenoxy) is 2. The number of methoxy groups -OCH3 is 2. The van der Waals surface area contributed by atoms with Crippen LogP contribution in [-0.2, 0) is 16.1 Å². The van der Waals surface area contributed by atoms with Gasteiger partial charge in [-0.05, 0) is 48.9 Å². The van der Waals surface area contributed by atoms with Crippen LogP contribution in [0.2, 0.25) is 0 Å². The van der Waals surface area contributed by atoms with Crippen LogP contribution in [0.1, 0.15) is 33.7 Å². The number of likely N-dealkylation sites (tertiary alicyclic amines) is 1. The Bertz CT molecular complexity index is 1130. The first-order chi connectivity index (χ1) is 14.9. The summed E-state index contributed by atoms with van der Waals surface area (Å²) in [6.45, 7) is 1.74. The third-order valence-electron chi connectivity index (χ3n) is 5.33. The monoisotopic (exact) mass is 423 g/mol. The highest BCUT2D eigenvalue weighted by Gasteiger charge is 2.52. The zero-order chi connectivity index (χ0) is 22.1. The normalized spacial score (nSPS) is 18.5. The molecule has 8 heteroatoms. The van der Waals surface area contributed by atoms with Gasteiger partial charge in [0, 0.05) is 0 Å². The summed E-state index contributed by atoms with van der Waals surface area (Å²) in [5.41, 5.74) is 0.560. The Labute approximate surface area is 178 Å². The molecule has 1 amide bonds. The molecule has 31 heavy (non-hydrogen) atoms. The Balaban J connectivity index is 1.81.